The van der Waals surface area contributed by atoms with Crippen molar-refractivity contribution in [2.75, 3.05) is 14.2 Å². The molecule has 8 unspecified atom stereocenters. The van der Waals surface area contributed by atoms with E-state index in [-0.39, 0.29) is 28.1 Å². The number of nitrogens with one attached hydrogen (secondary N) is 2. The summed E-state index contributed by atoms with van der Waals surface area (Å²) in [5, 5.41) is 26.7. The van der Waals surface area contributed by atoms with Crippen molar-refractivity contribution in [3.8, 4) is 5.75 Å². The minimum absolute atomic E-state index is 0.0799. The van der Waals surface area contributed by atoms with E-state index in [4.69, 9.17) is 37.4 Å². The Morgan fingerprint density at radius 1 is 1.05 bits per heavy atom. The lowest BCUT2D eigenvalue weighted by atomic mass is 9.94. The quantitative estimate of drug-likeness (QED) is 0.219. The van der Waals surface area contributed by atoms with Gasteiger partial charge in [0.1, 0.15) is 18.2 Å². The number of esters is 1. The van der Waals surface area contributed by atoms with Gasteiger partial charge in [0.15, 0.2) is 17.4 Å². The number of aromatic hydroxyl groups is 1. The maximum absolute atomic E-state index is 14.3. The Balaban J connectivity index is 1.82. The van der Waals surface area contributed by atoms with E-state index < -0.39 is 77.2 Å². The number of hydrogen-bond acceptors (Lipinski definition) is 9. The van der Waals surface area contributed by atoms with E-state index in [2.05, 4.69) is 10.6 Å². The summed E-state index contributed by atoms with van der Waals surface area (Å²) in [6.45, 7) is 11.7. The van der Waals surface area contributed by atoms with E-state index in [0.717, 1.165) is 5.57 Å². The van der Waals surface area contributed by atoms with Crippen molar-refractivity contribution in [1.29, 1.82) is 0 Å². The summed E-state index contributed by atoms with van der Waals surface area (Å²) in [5.41, 5.74) is -1.13. The summed E-state index contributed by atoms with van der Waals surface area (Å²) in [4.78, 5) is 57.9. The number of phenolic OH excluding ortho intramolecular Hbond substituents is 1. The van der Waals surface area contributed by atoms with Gasteiger partial charge in [0.2, 0.25) is 11.8 Å². The molecule has 0 aromatic heterocycles. The normalized spacial score (nSPS) is 29.7. The van der Waals surface area contributed by atoms with Crippen LogP contribution in [0.25, 0.3) is 0 Å². The Hall–Kier alpha value is -3.94. The number of phenols is 1. The van der Waals surface area contributed by atoms with Crippen molar-refractivity contribution >= 4 is 46.9 Å². The Kier molecular flexibility index (Phi) is 14.2. The number of carbonyl (C=O) groups is 4. The molecule has 2 aliphatic heterocycles. The zero-order chi connectivity index (χ0) is 41.0. The highest BCUT2D eigenvalue weighted by atomic mass is 35.5. The summed E-state index contributed by atoms with van der Waals surface area (Å²) < 4.78 is 17.9. The standard InChI is InChI=1S/C41H53Cl2N3O9/c1-22(2)32-37(49)44-29(20-25-18-27(42)33(47)28(43)19-25)36(48)45-35(40(5,6)52)38(50)54-34(26-16-11-10-12-17-26)24(4)15-13-14-23(3)30(53-9)21-31-41(7,55-31)39(51)46(32)8/h10-19,22,24,29-32,34-35,47,52H,20-21H2,1-9H3,(H,44,49)(H,45,48)/b15-13+,23-14?. The topological polar surface area (TPSA) is 167 Å². The van der Waals surface area contributed by atoms with Crippen molar-refractivity contribution < 1.29 is 43.6 Å². The molecule has 1 saturated heterocycles. The van der Waals surface area contributed by atoms with E-state index in [0.29, 0.717) is 17.5 Å². The number of likely N-dealkylation sites (N-methyl/N-ethyl adjacent to an activating group) is 1. The summed E-state index contributed by atoms with van der Waals surface area (Å²) in [5.74, 6) is -3.98. The van der Waals surface area contributed by atoms with Crippen LogP contribution in [-0.2, 0) is 39.8 Å². The van der Waals surface area contributed by atoms with E-state index in [9.17, 15) is 29.4 Å². The van der Waals surface area contributed by atoms with Crippen LogP contribution in [0, 0.1) is 11.8 Å². The highest BCUT2D eigenvalue weighted by molar-refractivity contribution is 6.37. The number of aliphatic hydroxyl groups is 1. The van der Waals surface area contributed by atoms with Gasteiger partial charge in [-0.15, -0.1) is 0 Å². The van der Waals surface area contributed by atoms with E-state index in [1.807, 2.05) is 62.4 Å². The molecule has 3 amide bonds. The Labute approximate surface area is 333 Å². The molecule has 8 atom stereocenters. The Bertz CT molecular complexity index is 1770. The number of hydrogen-bond donors (Lipinski definition) is 4. The molecular formula is C41H53Cl2N3O9. The zero-order valence-electron chi connectivity index (χ0n) is 32.8. The summed E-state index contributed by atoms with van der Waals surface area (Å²) >= 11 is 12.4. The molecule has 2 aromatic rings. The van der Waals surface area contributed by atoms with E-state index in [1.165, 1.54) is 37.9 Å². The van der Waals surface area contributed by atoms with Gasteiger partial charge in [-0.2, -0.15) is 0 Å². The van der Waals surface area contributed by atoms with Crippen LogP contribution in [0.2, 0.25) is 10.0 Å². The molecule has 14 heteroatoms. The second-order valence-electron chi connectivity index (χ2n) is 15.5. The number of benzene rings is 2. The fraction of sp³-hybridized carbons (Fsp3) is 0.512. The van der Waals surface area contributed by atoms with Gasteiger partial charge in [-0.05, 0) is 62.4 Å². The smallest absolute Gasteiger partial charge is 0.332 e. The van der Waals surface area contributed by atoms with Gasteiger partial charge in [0, 0.05) is 32.9 Å². The van der Waals surface area contributed by atoms with Gasteiger partial charge < -0.3 is 40.0 Å². The third-order valence-corrected chi connectivity index (χ3v) is 10.8. The van der Waals surface area contributed by atoms with Gasteiger partial charge in [0.25, 0.3) is 5.91 Å². The SMILES string of the molecule is COC1CC2OC2(C)C(=O)N(C)C(C(C)C)C(=O)NC(Cc2cc(Cl)c(O)c(Cl)c2)C(=O)NC(C(C)(C)O)C(=O)OC(c2ccccc2)C(C)/C=C/C=C1C. The summed E-state index contributed by atoms with van der Waals surface area (Å²) in [6, 6.07) is 7.86. The maximum Gasteiger partial charge on any atom is 0.332 e. The van der Waals surface area contributed by atoms with Crippen LogP contribution in [0.15, 0.2) is 66.3 Å². The molecule has 2 aliphatic rings. The van der Waals surface area contributed by atoms with Crippen molar-refractivity contribution in [2.45, 2.75) is 109 Å². The van der Waals surface area contributed by atoms with Crippen LogP contribution in [-0.4, -0.2) is 94.5 Å². The lowest BCUT2D eigenvalue weighted by Crippen LogP contribution is -2.61. The molecule has 0 bridgehead atoms. The number of ether oxygens (including phenoxy) is 3. The number of carbonyl (C=O) groups excluding carboxylic acids is 4. The number of epoxide rings is 1. The highest BCUT2D eigenvalue weighted by Gasteiger charge is 2.61. The highest BCUT2D eigenvalue weighted by Crippen LogP contribution is 2.42. The zero-order valence-corrected chi connectivity index (χ0v) is 34.3. The molecule has 4 N–H and O–H groups in total. The van der Waals surface area contributed by atoms with Gasteiger partial charge >= 0.3 is 5.97 Å². The van der Waals surface area contributed by atoms with E-state index in [1.54, 1.807) is 27.9 Å². The van der Waals surface area contributed by atoms with Crippen LogP contribution < -0.4 is 10.6 Å². The second kappa shape index (κ2) is 17.9. The molecule has 12 nitrogen and oxygen atoms in total. The van der Waals surface area contributed by atoms with Crippen molar-refractivity contribution in [1.82, 2.24) is 15.5 Å². The summed E-state index contributed by atoms with van der Waals surface area (Å²) in [7, 11) is 3.09. The van der Waals surface area contributed by atoms with Gasteiger partial charge in [0.05, 0.1) is 27.9 Å². The van der Waals surface area contributed by atoms with Crippen LogP contribution in [0.4, 0.5) is 0 Å². The number of halogens is 2. The molecular weight excluding hydrogens is 749 g/mol. The van der Waals surface area contributed by atoms with Crippen molar-refractivity contribution in [2.24, 2.45) is 11.8 Å². The molecule has 2 aromatic carbocycles. The maximum atomic E-state index is 14.3. The predicted molar refractivity (Wildman–Crippen MR) is 209 cm³/mol. The number of nitrogens with zero attached hydrogens (tertiary/aromatic N) is 1. The largest absolute Gasteiger partial charge is 0.505 e. The first-order chi connectivity index (χ1) is 25.7. The van der Waals surface area contributed by atoms with Gasteiger partial charge in [-0.1, -0.05) is 92.5 Å². The minimum Gasteiger partial charge on any atom is -0.505 e. The fourth-order valence-corrected chi connectivity index (χ4v) is 7.43. The molecule has 55 heavy (non-hydrogen) atoms. The third kappa shape index (κ3) is 10.5. The average molecular weight is 803 g/mol. The third-order valence-electron chi connectivity index (χ3n) is 10.2. The van der Waals surface area contributed by atoms with Crippen LogP contribution in [0.1, 0.15) is 72.1 Å². The summed E-state index contributed by atoms with van der Waals surface area (Å²) in [6.07, 6.45) is 4.08. The number of allylic oxidation sites excluding steroid dienone is 2. The number of rotatable bonds is 6. The second-order valence-corrected chi connectivity index (χ2v) is 16.3. The van der Waals surface area contributed by atoms with Crippen LogP contribution in [0.5, 0.6) is 5.75 Å². The number of fused-ring (bicyclic) bond motifs is 1. The molecule has 0 spiro atoms. The number of amides is 3. The van der Waals surface area contributed by atoms with Crippen molar-refractivity contribution in [3.63, 3.8) is 0 Å². The first-order valence-corrected chi connectivity index (χ1v) is 19.0. The molecule has 2 heterocycles. The number of cyclic esters (lactones) is 1. The minimum atomic E-state index is -1.83. The first-order valence-electron chi connectivity index (χ1n) is 18.3. The lowest BCUT2D eigenvalue weighted by molar-refractivity contribution is -0.162. The molecule has 0 saturated carbocycles. The van der Waals surface area contributed by atoms with Gasteiger partial charge in [-0.3, -0.25) is 14.4 Å². The lowest BCUT2D eigenvalue weighted by Gasteiger charge is -2.34. The number of methoxy groups -OCH3 is 1. The van der Waals surface area contributed by atoms with Crippen molar-refractivity contribution in [3.05, 3.63) is 87.4 Å². The molecule has 0 radical (unpaired) electrons. The Morgan fingerprint density at radius 2 is 1.67 bits per heavy atom. The fourth-order valence-electron chi connectivity index (χ4n) is 6.90. The Morgan fingerprint density at radius 3 is 2.24 bits per heavy atom. The molecule has 0 aliphatic carbocycles. The molecule has 300 valence electrons. The van der Waals surface area contributed by atoms with Crippen LogP contribution in [0.3, 0.4) is 0 Å². The monoisotopic (exact) mass is 801 g/mol. The first kappa shape index (κ1) is 43.8. The average Bonchev–Trinajstić information content (AvgIpc) is 3.78. The predicted octanol–water partition coefficient (Wildman–Crippen LogP) is 5.46. The van der Waals surface area contributed by atoms with Gasteiger partial charge in [-0.25, -0.2) is 4.79 Å². The van der Waals surface area contributed by atoms with E-state index >= 15 is 0 Å². The van der Waals surface area contributed by atoms with Crippen LogP contribution >= 0.6 is 23.2 Å². The molecule has 4 rings (SSSR count). The molecule has 1 fully saturated rings.